The zero-order valence-electron chi connectivity index (χ0n) is 13.8. The van der Waals surface area contributed by atoms with Crippen LogP contribution in [0.15, 0.2) is 42.5 Å². The molecule has 0 saturated carbocycles. The van der Waals surface area contributed by atoms with Crippen LogP contribution in [0.25, 0.3) is 0 Å². The minimum Gasteiger partial charge on any atom is -0.497 e. The molecule has 130 valence electrons. The first-order valence-electron chi connectivity index (χ1n) is 8.17. The number of carboxylic acids is 1. The van der Waals surface area contributed by atoms with Crippen molar-refractivity contribution in [2.24, 2.45) is 5.92 Å². The zero-order chi connectivity index (χ0) is 17.4. The Morgan fingerprint density at radius 2 is 1.84 bits per heavy atom. The fourth-order valence-corrected chi connectivity index (χ4v) is 3.66. The normalized spacial score (nSPS) is 24.3. The molecule has 0 amide bonds. The number of ether oxygens (including phenoxy) is 3. The largest absolute Gasteiger partial charge is 0.497 e. The highest BCUT2D eigenvalue weighted by Crippen LogP contribution is 2.43. The molecule has 2 heterocycles. The lowest BCUT2D eigenvalue weighted by atomic mass is 9.83. The van der Waals surface area contributed by atoms with Gasteiger partial charge in [-0.1, -0.05) is 18.2 Å². The SMILES string of the molecule is COc1ccc([C@H]2NC[C@H](c3ccc4c(c3)OCO4)[C@H]2C(=O)O)cc1. The monoisotopic (exact) mass is 341 g/mol. The summed E-state index contributed by atoms with van der Waals surface area (Å²) in [6, 6.07) is 12.9. The van der Waals surface area contributed by atoms with Gasteiger partial charge in [-0.2, -0.15) is 0 Å². The van der Waals surface area contributed by atoms with Gasteiger partial charge in [0.05, 0.1) is 13.0 Å². The van der Waals surface area contributed by atoms with Gasteiger partial charge in [0.2, 0.25) is 6.79 Å². The maximum atomic E-state index is 12.0. The number of carboxylic acid groups (broad SMARTS) is 1. The van der Waals surface area contributed by atoms with E-state index in [2.05, 4.69) is 5.32 Å². The van der Waals surface area contributed by atoms with Crippen LogP contribution in [0.2, 0.25) is 0 Å². The molecule has 2 aliphatic heterocycles. The Balaban J connectivity index is 1.64. The van der Waals surface area contributed by atoms with Crippen LogP contribution in [0.4, 0.5) is 0 Å². The molecule has 2 aromatic rings. The van der Waals surface area contributed by atoms with Gasteiger partial charge < -0.3 is 24.6 Å². The molecule has 1 fully saturated rings. The summed E-state index contributed by atoms with van der Waals surface area (Å²) in [6.45, 7) is 0.797. The number of methoxy groups -OCH3 is 1. The van der Waals surface area contributed by atoms with E-state index in [0.717, 1.165) is 16.9 Å². The second-order valence-corrected chi connectivity index (χ2v) is 6.24. The number of fused-ring (bicyclic) bond motifs is 1. The minimum absolute atomic E-state index is 0.140. The van der Waals surface area contributed by atoms with Gasteiger partial charge in [0, 0.05) is 18.5 Å². The van der Waals surface area contributed by atoms with Crippen LogP contribution in [-0.2, 0) is 4.79 Å². The molecule has 0 bridgehead atoms. The average molecular weight is 341 g/mol. The Labute approximate surface area is 145 Å². The Hall–Kier alpha value is -2.73. The van der Waals surface area contributed by atoms with E-state index in [4.69, 9.17) is 14.2 Å². The molecule has 3 atom stereocenters. The van der Waals surface area contributed by atoms with Crippen LogP contribution in [-0.4, -0.2) is 31.5 Å². The topological polar surface area (TPSA) is 77.0 Å². The third-order valence-corrected chi connectivity index (χ3v) is 4.94. The molecule has 2 aliphatic rings. The Morgan fingerprint density at radius 1 is 1.12 bits per heavy atom. The molecule has 0 radical (unpaired) electrons. The Kier molecular flexibility index (Phi) is 3.97. The lowest BCUT2D eigenvalue weighted by Crippen LogP contribution is -2.25. The predicted octanol–water partition coefficient (Wildman–Crippen LogP) is 2.55. The highest BCUT2D eigenvalue weighted by Gasteiger charge is 2.42. The summed E-state index contributed by atoms with van der Waals surface area (Å²) in [7, 11) is 1.61. The summed E-state index contributed by atoms with van der Waals surface area (Å²) in [5, 5.41) is 13.2. The van der Waals surface area contributed by atoms with Crippen molar-refractivity contribution >= 4 is 5.97 Å². The molecule has 1 saturated heterocycles. The van der Waals surface area contributed by atoms with Crippen molar-refractivity contribution in [1.29, 1.82) is 0 Å². The Bertz CT molecular complexity index is 789. The molecule has 2 aromatic carbocycles. The highest BCUT2D eigenvalue weighted by molar-refractivity contribution is 5.73. The number of aliphatic carboxylic acids is 1. The van der Waals surface area contributed by atoms with Gasteiger partial charge in [-0.05, 0) is 35.4 Å². The van der Waals surface area contributed by atoms with Crippen LogP contribution in [0.1, 0.15) is 23.1 Å². The third-order valence-electron chi connectivity index (χ3n) is 4.94. The number of benzene rings is 2. The summed E-state index contributed by atoms with van der Waals surface area (Å²) < 4.78 is 15.9. The van der Waals surface area contributed by atoms with E-state index in [0.29, 0.717) is 18.0 Å². The summed E-state index contributed by atoms with van der Waals surface area (Å²) >= 11 is 0. The van der Waals surface area contributed by atoms with Crippen molar-refractivity contribution in [1.82, 2.24) is 5.32 Å². The van der Waals surface area contributed by atoms with E-state index in [9.17, 15) is 9.90 Å². The van der Waals surface area contributed by atoms with Crippen molar-refractivity contribution in [3.05, 3.63) is 53.6 Å². The summed E-state index contributed by atoms with van der Waals surface area (Å²) in [4.78, 5) is 12.0. The van der Waals surface area contributed by atoms with Crippen LogP contribution in [0.5, 0.6) is 17.2 Å². The first-order valence-corrected chi connectivity index (χ1v) is 8.17. The standard InChI is InChI=1S/C19H19NO5/c1-23-13-5-2-11(3-6-13)18-17(19(21)22)14(9-20-18)12-4-7-15-16(8-12)25-10-24-15/h2-8,14,17-18,20H,9-10H2,1H3,(H,21,22)/t14-,17-,18-/m1/s1. The minimum atomic E-state index is -0.812. The van der Waals surface area contributed by atoms with Crippen molar-refractivity contribution in [2.45, 2.75) is 12.0 Å². The van der Waals surface area contributed by atoms with Crippen LogP contribution >= 0.6 is 0 Å². The second-order valence-electron chi connectivity index (χ2n) is 6.24. The van der Waals surface area contributed by atoms with E-state index in [1.165, 1.54) is 0 Å². The van der Waals surface area contributed by atoms with Gasteiger partial charge in [0.1, 0.15) is 5.75 Å². The van der Waals surface area contributed by atoms with Gasteiger partial charge in [0.15, 0.2) is 11.5 Å². The van der Waals surface area contributed by atoms with Gasteiger partial charge in [-0.3, -0.25) is 4.79 Å². The number of rotatable bonds is 4. The van der Waals surface area contributed by atoms with Crippen LogP contribution < -0.4 is 19.5 Å². The van der Waals surface area contributed by atoms with Gasteiger partial charge in [-0.25, -0.2) is 0 Å². The predicted molar refractivity (Wildman–Crippen MR) is 90.2 cm³/mol. The van der Waals surface area contributed by atoms with Crippen molar-refractivity contribution in [3.8, 4) is 17.2 Å². The summed E-state index contributed by atoms with van der Waals surface area (Å²) in [6.07, 6.45) is 0. The van der Waals surface area contributed by atoms with Crippen molar-refractivity contribution in [3.63, 3.8) is 0 Å². The molecule has 4 rings (SSSR count). The smallest absolute Gasteiger partial charge is 0.309 e. The highest BCUT2D eigenvalue weighted by atomic mass is 16.7. The average Bonchev–Trinajstić information content (AvgIpc) is 3.27. The molecular weight excluding hydrogens is 322 g/mol. The van der Waals surface area contributed by atoms with Crippen LogP contribution in [0.3, 0.4) is 0 Å². The lowest BCUT2D eigenvalue weighted by Gasteiger charge is -2.21. The number of hydrogen-bond donors (Lipinski definition) is 2. The zero-order valence-corrected chi connectivity index (χ0v) is 13.8. The molecular formula is C19H19NO5. The second kappa shape index (κ2) is 6.29. The van der Waals surface area contributed by atoms with E-state index < -0.39 is 11.9 Å². The molecule has 0 spiro atoms. The van der Waals surface area contributed by atoms with Gasteiger partial charge >= 0.3 is 5.97 Å². The maximum absolute atomic E-state index is 12.0. The first-order chi connectivity index (χ1) is 12.2. The first kappa shape index (κ1) is 15.8. The molecule has 2 N–H and O–H groups in total. The maximum Gasteiger partial charge on any atom is 0.309 e. The fraction of sp³-hybridized carbons (Fsp3) is 0.316. The van der Waals surface area contributed by atoms with Crippen molar-refractivity contribution < 1.29 is 24.1 Å². The summed E-state index contributed by atoms with van der Waals surface area (Å²) in [5.41, 5.74) is 1.89. The molecule has 0 unspecified atom stereocenters. The molecule has 6 heteroatoms. The van der Waals surface area contributed by atoms with Gasteiger partial charge in [0.25, 0.3) is 0 Å². The molecule has 0 aliphatic carbocycles. The summed E-state index contributed by atoms with van der Waals surface area (Å²) in [5.74, 6) is 0.616. The van der Waals surface area contributed by atoms with Crippen LogP contribution in [0, 0.1) is 5.92 Å². The third kappa shape index (κ3) is 2.78. The quantitative estimate of drug-likeness (QED) is 0.890. The number of carbonyl (C=O) groups is 1. The fourth-order valence-electron chi connectivity index (χ4n) is 3.66. The van der Waals surface area contributed by atoms with Gasteiger partial charge in [-0.15, -0.1) is 0 Å². The Morgan fingerprint density at radius 3 is 2.56 bits per heavy atom. The lowest BCUT2D eigenvalue weighted by molar-refractivity contribution is -0.142. The van der Waals surface area contributed by atoms with E-state index >= 15 is 0 Å². The van der Waals surface area contributed by atoms with E-state index in [1.54, 1.807) is 7.11 Å². The number of hydrogen-bond acceptors (Lipinski definition) is 5. The number of nitrogens with one attached hydrogen (secondary N) is 1. The van der Waals surface area contributed by atoms with E-state index in [1.807, 2.05) is 42.5 Å². The molecule has 25 heavy (non-hydrogen) atoms. The van der Waals surface area contributed by atoms with Crippen molar-refractivity contribution in [2.75, 3.05) is 20.4 Å². The van der Waals surface area contributed by atoms with E-state index in [-0.39, 0.29) is 18.8 Å². The molecule has 6 nitrogen and oxygen atoms in total. The molecule has 0 aromatic heterocycles.